The van der Waals surface area contributed by atoms with Crippen LogP contribution in [0.3, 0.4) is 0 Å². The third-order valence-corrected chi connectivity index (χ3v) is 5.87. The number of rotatable bonds is 5. The summed E-state index contributed by atoms with van der Waals surface area (Å²) in [5, 5.41) is 3.47. The van der Waals surface area contributed by atoms with Crippen molar-refractivity contribution < 1.29 is 19.0 Å². The maximum absolute atomic E-state index is 12.7. The zero-order valence-corrected chi connectivity index (χ0v) is 21.8. The molecule has 1 amide bonds. The molecular weight excluding hydrogens is 468 g/mol. The van der Waals surface area contributed by atoms with Crippen molar-refractivity contribution in [1.29, 1.82) is 0 Å². The van der Waals surface area contributed by atoms with Gasteiger partial charge in [-0.3, -0.25) is 10.3 Å². The molecule has 0 bridgehead atoms. The number of hydrogen-bond acceptors (Lipinski definition) is 7. The van der Waals surface area contributed by atoms with Gasteiger partial charge in [0.1, 0.15) is 23.1 Å². The predicted octanol–water partition coefficient (Wildman–Crippen LogP) is 4.29. The number of benzene rings is 2. The summed E-state index contributed by atoms with van der Waals surface area (Å²) >= 11 is 0. The number of aliphatic imine (C=N–C) groups is 2. The molecule has 0 aliphatic carbocycles. The van der Waals surface area contributed by atoms with Crippen molar-refractivity contribution >= 4 is 18.2 Å². The normalized spacial score (nSPS) is 21.0. The molecule has 3 atom stereocenters. The third-order valence-electron chi connectivity index (χ3n) is 5.87. The van der Waals surface area contributed by atoms with Gasteiger partial charge in [0.25, 0.3) is 0 Å². The van der Waals surface area contributed by atoms with E-state index in [1.54, 1.807) is 18.2 Å². The van der Waals surface area contributed by atoms with Crippen LogP contribution in [0.25, 0.3) is 0 Å². The Labute approximate surface area is 218 Å². The fourth-order valence-electron chi connectivity index (χ4n) is 4.07. The number of likely N-dealkylation sites (tertiary alicyclic amines) is 1. The van der Waals surface area contributed by atoms with Crippen molar-refractivity contribution in [3.05, 3.63) is 60.2 Å². The van der Waals surface area contributed by atoms with E-state index < -0.39 is 11.8 Å². The lowest BCUT2D eigenvalue weighted by Crippen LogP contribution is -2.50. The molecule has 2 aliphatic rings. The number of carbonyl (C=O) groups excluding carboxylic acids is 1. The second kappa shape index (κ2) is 11.9. The molecule has 0 radical (unpaired) electrons. The summed E-state index contributed by atoms with van der Waals surface area (Å²) in [7, 11) is 1.62. The van der Waals surface area contributed by atoms with E-state index in [-0.39, 0.29) is 18.2 Å². The number of ether oxygens (including phenoxy) is 3. The Morgan fingerprint density at radius 1 is 1.11 bits per heavy atom. The van der Waals surface area contributed by atoms with E-state index >= 15 is 0 Å². The highest BCUT2D eigenvalue weighted by Crippen LogP contribution is 2.22. The molecule has 2 aromatic rings. The number of amides is 1. The first-order chi connectivity index (χ1) is 17.8. The van der Waals surface area contributed by atoms with E-state index in [0.717, 1.165) is 24.2 Å². The van der Waals surface area contributed by atoms with Crippen molar-refractivity contribution in [1.82, 2.24) is 10.2 Å². The van der Waals surface area contributed by atoms with Crippen LogP contribution in [0.15, 0.2) is 64.6 Å². The predicted molar refractivity (Wildman–Crippen MR) is 144 cm³/mol. The van der Waals surface area contributed by atoms with Crippen LogP contribution < -0.4 is 14.8 Å². The maximum Gasteiger partial charge on any atom is 0.410 e. The van der Waals surface area contributed by atoms with Crippen LogP contribution in [-0.4, -0.2) is 67.2 Å². The minimum Gasteiger partial charge on any atom is -0.497 e. The largest absolute Gasteiger partial charge is 0.497 e. The van der Waals surface area contributed by atoms with Gasteiger partial charge in [0, 0.05) is 30.9 Å². The zero-order chi connectivity index (χ0) is 26.3. The first-order valence-corrected chi connectivity index (χ1v) is 12.5. The second-order valence-electron chi connectivity index (χ2n) is 9.91. The Hall–Kier alpha value is -3.83. The van der Waals surface area contributed by atoms with Crippen LogP contribution >= 0.6 is 0 Å². The van der Waals surface area contributed by atoms with Crippen LogP contribution in [-0.2, 0) is 4.74 Å². The SMILES string of the molecule is COc1ccc(OC2=NC(C#Cc3ccccc3)N=CC2NCC2CCCN2C(=O)OC(C)(C)C)cc1. The number of hydrogen-bond donors (Lipinski definition) is 1. The number of nitrogens with one attached hydrogen (secondary N) is 1. The van der Waals surface area contributed by atoms with Gasteiger partial charge in [0.15, 0.2) is 0 Å². The summed E-state index contributed by atoms with van der Waals surface area (Å²) in [6, 6.07) is 16.7. The molecule has 8 nitrogen and oxygen atoms in total. The highest BCUT2D eigenvalue weighted by molar-refractivity contribution is 6.00. The Kier molecular flexibility index (Phi) is 8.47. The molecular formula is C29H34N4O4. The molecule has 4 rings (SSSR count). The van der Waals surface area contributed by atoms with Crippen LogP contribution in [0.2, 0.25) is 0 Å². The van der Waals surface area contributed by atoms with Gasteiger partial charge < -0.3 is 19.1 Å². The summed E-state index contributed by atoms with van der Waals surface area (Å²) in [5.41, 5.74) is 0.365. The van der Waals surface area contributed by atoms with E-state index in [4.69, 9.17) is 14.2 Å². The molecule has 1 saturated heterocycles. The lowest BCUT2D eigenvalue weighted by molar-refractivity contribution is 0.0226. The van der Waals surface area contributed by atoms with Crippen LogP contribution in [0.4, 0.5) is 4.79 Å². The summed E-state index contributed by atoms with van der Waals surface area (Å²) in [6.07, 6.45) is 2.76. The van der Waals surface area contributed by atoms with Gasteiger partial charge in [-0.15, -0.1) is 0 Å². The molecule has 2 heterocycles. The number of carbonyl (C=O) groups is 1. The van der Waals surface area contributed by atoms with Gasteiger partial charge in [-0.2, -0.15) is 0 Å². The third kappa shape index (κ3) is 7.58. The average Bonchev–Trinajstić information content (AvgIpc) is 3.36. The summed E-state index contributed by atoms with van der Waals surface area (Å²) in [6.45, 7) is 6.87. The second-order valence-corrected chi connectivity index (χ2v) is 9.91. The van der Waals surface area contributed by atoms with Gasteiger partial charge in [0.05, 0.1) is 7.11 Å². The highest BCUT2D eigenvalue weighted by Gasteiger charge is 2.33. The fourth-order valence-corrected chi connectivity index (χ4v) is 4.07. The van der Waals surface area contributed by atoms with E-state index in [1.165, 1.54) is 0 Å². The van der Waals surface area contributed by atoms with Crippen LogP contribution in [0, 0.1) is 11.8 Å². The van der Waals surface area contributed by atoms with Gasteiger partial charge in [-0.1, -0.05) is 24.1 Å². The van der Waals surface area contributed by atoms with Crippen molar-refractivity contribution in [3.63, 3.8) is 0 Å². The van der Waals surface area contributed by atoms with E-state index in [1.807, 2.05) is 75.4 Å². The van der Waals surface area contributed by atoms with Gasteiger partial charge in [-0.25, -0.2) is 9.79 Å². The van der Waals surface area contributed by atoms with E-state index in [9.17, 15) is 4.79 Å². The molecule has 194 valence electrons. The molecule has 8 heteroatoms. The van der Waals surface area contributed by atoms with Crippen molar-refractivity contribution in [2.75, 3.05) is 20.2 Å². The molecule has 1 fully saturated rings. The smallest absolute Gasteiger partial charge is 0.410 e. The molecule has 0 saturated carbocycles. The van der Waals surface area contributed by atoms with Crippen molar-refractivity contribution in [3.8, 4) is 23.3 Å². The van der Waals surface area contributed by atoms with Crippen molar-refractivity contribution in [2.24, 2.45) is 9.98 Å². The van der Waals surface area contributed by atoms with Crippen LogP contribution in [0.5, 0.6) is 11.5 Å². The van der Waals surface area contributed by atoms with Gasteiger partial charge >= 0.3 is 6.09 Å². The molecule has 0 spiro atoms. The minimum absolute atomic E-state index is 0.0149. The molecule has 2 aliphatic heterocycles. The van der Waals surface area contributed by atoms with Gasteiger partial charge in [0.2, 0.25) is 12.1 Å². The standard InChI is InChI=1S/C29H34N4O4/c1-29(2,3)37-28(34)33-18-8-11-22(33)19-30-25-20-31-26(17-12-21-9-6-5-7-10-21)32-27(25)36-24-15-13-23(35-4)14-16-24/h5-7,9-10,13-16,20,22,25-26,30H,8,11,18-19H2,1-4H3. The summed E-state index contributed by atoms with van der Waals surface area (Å²) in [5.74, 6) is 8.06. The Balaban J connectivity index is 1.47. The lowest BCUT2D eigenvalue weighted by Gasteiger charge is -2.30. The van der Waals surface area contributed by atoms with Crippen LogP contribution in [0.1, 0.15) is 39.2 Å². The highest BCUT2D eigenvalue weighted by atomic mass is 16.6. The summed E-state index contributed by atoms with van der Waals surface area (Å²) in [4.78, 5) is 23.7. The van der Waals surface area contributed by atoms with E-state index in [0.29, 0.717) is 24.7 Å². The molecule has 1 N–H and O–H groups in total. The van der Waals surface area contributed by atoms with Gasteiger partial charge in [-0.05, 0) is 75.9 Å². The average molecular weight is 503 g/mol. The summed E-state index contributed by atoms with van der Waals surface area (Å²) < 4.78 is 17.0. The Bertz CT molecular complexity index is 1180. The molecule has 3 unspecified atom stereocenters. The first kappa shape index (κ1) is 26.2. The first-order valence-electron chi connectivity index (χ1n) is 12.5. The number of nitrogens with zero attached hydrogens (tertiary/aromatic N) is 3. The number of methoxy groups -OCH3 is 1. The minimum atomic E-state index is -0.573. The molecule has 37 heavy (non-hydrogen) atoms. The van der Waals surface area contributed by atoms with Crippen molar-refractivity contribution in [2.45, 2.75) is 57.5 Å². The monoisotopic (exact) mass is 502 g/mol. The maximum atomic E-state index is 12.7. The molecule has 2 aromatic carbocycles. The quantitative estimate of drug-likeness (QED) is 0.617. The lowest BCUT2D eigenvalue weighted by atomic mass is 10.2. The Morgan fingerprint density at radius 2 is 1.84 bits per heavy atom. The fraction of sp³-hybridized carbons (Fsp3) is 0.414. The Morgan fingerprint density at radius 3 is 2.54 bits per heavy atom. The molecule has 0 aromatic heterocycles. The zero-order valence-electron chi connectivity index (χ0n) is 21.8. The van der Waals surface area contributed by atoms with E-state index in [2.05, 4.69) is 27.1 Å². The topological polar surface area (TPSA) is 84.8 Å².